The number of rotatable bonds is 7. The van der Waals surface area contributed by atoms with Gasteiger partial charge in [0.05, 0.1) is 13.1 Å². The molecule has 1 aromatic rings. The number of nitrogens with zero attached hydrogens (tertiary/aromatic N) is 4. The van der Waals surface area contributed by atoms with Gasteiger partial charge in [-0.25, -0.2) is 14.8 Å². The molecule has 32 heavy (non-hydrogen) atoms. The highest BCUT2D eigenvalue weighted by molar-refractivity contribution is 5.77. The zero-order valence-corrected chi connectivity index (χ0v) is 18.2. The van der Waals surface area contributed by atoms with Gasteiger partial charge in [0.1, 0.15) is 30.2 Å². The molecule has 2 N–H and O–H groups in total. The van der Waals surface area contributed by atoms with E-state index in [1.54, 1.807) is 6.33 Å². The fourth-order valence-electron chi connectivity index (χ4n) is 3.63. The van der Waals surface area contributed by atoms with Gasteiger partial charge in [-0.3, -0.25) is 4.79 Å². The lowest BCUT2D eigenvalue weighted by molar-refractivity contribution is -0.192. The van der Waals surface area contributed by atoms with Crippen LogP contribution >= 0.6 is 0 Å². The molecule has 1 unspecified atom stereocenters. The molecule has 2 fully saturated rings. The summed E-state index contributed by atoms with van der Waals surface area (Å²) < 4.78 is 42.7. The minimum absolute atomic E-state index is 0.0668. The number of amides is 1. The molecule has 13 heteroatoms. The normalized spacial score (nSPS) is 19.1. The maximum absolute atomic E-state index is 11.5. The van der Waals surface area contributed by atoms with Crippen molar-refractivity contribution in [3.63, 3.8) is 0 Å². The predicted molar refractivity (Wildman–Crippen MR) is 109 cm³/mol. The van der Waals surface area contributed by atoms with E-state index < -0.39 is 12.1 Å². The van der Waals surface area contributed by atoms with Crippen LogP contribution in [0.3, 0.4) is 0 Å². The number of halogens is 3. The smallest absolute Gasteiger partial charge is 0.475 e. The molecule has 2 aliphatic heterocycles. The Kier molecular flexibility index (Phi) is 8.61. The van der Waals surface area contributed by atoms with Crippen molar-refractivity contribution in [2.75, 3.05) is 63.9 Å². The number of carboxylic acid groups (broad SMARTS) is 1. The van der Waals surface area contributed by atoms with Crippen molar-refractivity contribution in [2.45, 2.75) is 24.6 Å². The number of alkyl halides is 3. The van der Waals surface area contributed by atoms with Gasteiger partial charge in [0.25, 0.3) is 0 Å². The van der Waals surface area contributed by atoms with Gasteiger partial charge >= 0.3 is 12.1 Å². The molecule has 10 nitrogen and oxygen atoms in total. The van der Waals surface area contributed by atoms with Crippen LogP contribution in [0.2, 0.25) is 0 Å². The van der Waals surface area contributed by atoms with Gasteiger partial charge in [0.15, 0.2) is 0 Å². The summed E-state index contributed by atoms with van der Waals surface area (Å²) >= 11 is 0. The van der Waals surface area contributed by atoms with Gasteiger partial charge in [-0.1, -0.05) is 0 Å². The number of methoxy groups -OCH3 is 1. The van der Waals surface area contributed by atoms with Crippen LogP contribution in [0.15, 0.2) is 12.4 Å². The fourth-order valence-corrected chi connectivity index (χ4v) is 3.63. The van der Waals surface area contributed by atoms with E-state index in [9.17, 15) is 18.0 Å². The van der Waals surface area contributed by atoms with Crippen molar-refractivity contribution in [1.29, 1.82) is 0 Å². The second-order valence-corrected chi connectivity index (χ2v) is 7.76. The minimum atomic E-state index is -5.08. The van der Waals surface area contributed by atoms with Gasteiger partial charge in [-0.2, -0.15) is 13.2 Å². The molecule has 0 aliphatic carbocycles. The summed E-state index contributed by atoms with van der Waals surface area (Å²) in [6, 6.07) is 2.00. The molecule has 1 amide bonds. The van der Waals surface area contributed by atoms with Crippen molar-refractivity contribution in [2.24, 2.45) is 5.92 Å². The molecule has 0 aromatic carbocycles. The maximum Gasteiger partial charge on any atom is 0.490 e. The highest BCUT2D eigenvalue weighted by Gasteiger charge is 2.53. The first-order valence-corrected chi connectivity index (χ1v) is 9.92. The molecule has 3 heterocycles. The van der Waals surface area contributed by atoms with Gasteiger partial charge in [0, 0.05) is 40.4 Å². The number of nitrogens with one attached hydrogen (secondary N) is 1. The lowest BCUT2D eigenvalue weighted by atomic mass is 9.79. The lowest BCUT2D eigenvalue weighted by Crippen LogP contribution is -2.65. The Bertz CT molecular complexity index is 787. The van der Waals surface area contributed by atoms with Crippen LogP contribution in [0.5, 0.6) is 0 Å². The van der Waals surface area contributed by atoms with Crippen LogP contribution < -0.4 is 15.1 Å². The van der Waals surface area contributed by atoms with Crippen LogP contribution in [0.25, 0.3) is 0 Å². The first-order valence-electron chi connectivity index (χ1n) is 9.92. The summed E-state index contributed by atoms with van der Waals surface area (Å²) in [5.41, 5.74) is -0.102. The Morgan fingerprint density at radius 2 is 2.03 bits per heavy atom. The van der Waals surface area contributed by atoms with E-state index in [0.717, 1.165) is 44.2 Å². The quantitative estimate of drug-likeness (QED) is 0.609. The standard InChI is InChI=1S/C17H27N5O3.C2HF3O2/c1-21(2)14-8-15(20-12-19-14)22-10-17(11-22)13(5-7-25-17)4-6-18-16(23)9-24-3;3-2(4,5)1(6)7/h8,12-13H,4-7,9-11H2,1-3H3,(H,18,23);(H,6,7). The Morgan fingerprint density at radius 3 is 2.59 bits per heavy atom. The SMILES string of the molecule is COCC(=O)NCCC1CCOC12CN(c1cc(N(C)C)ncn1)C2.O=C(O)C(F)(F)F. The Labute approximate surface area is 183 Å². The molecule has 2 aliphatic rings. The van der Waals surface area contributed by atoms with E-state index in [2.05, 4.69) is 20.2 Å². The molecule has 1 spiro atoms. The molecule has 0 saturated carbocycles. The maximum atomic E-state index is 11.5. The summed E-state index contributed by atoms with van der Waals surface area (Å²) in [5, 5.41) is 10.0. The third-order valence-corrected chi connectivity index (χ3v) is 5.27. The van der Waals surface area contributed by atoms with Gasteiger partial charge in [0.2, 0.25) is 5.91 Å². The largest absolute Gasteiger partial charge is 0.490 e. The first kappa shape index (κ1) is 25.6. The summed E-state index contributed by atoms with van der Waals surface area (Å²) in [6.45, 7) is 3.25. The number of hydrogen-bond acceptors (Lipinski definition) is 8. The van der Waals surface area contributed by atoms with E-state index in [1.807, 2.05) is 25.1 Å². The van der Waals surface area contributed by atoms with E-state index in [1.165, 1.54) is 7.11 Å². The Morgan fingerprint density at radius 1 is 1.38 bits per heavy atom. The number of aliphatic carboxylic acids is 1. The summed E-state index contributed by atoms with van der Waals surface area (Å²) in [7, 11) is 5.46. The highest BCUT2D eigenvalue weighted by atomic mass is 19.4. The lowest BCUT2D eigenvalue weighted by Gasteiger charge is -2.51. The summed E-state index contributed by atoms with van der Waals surface area (Å²) in [6.07, 6.45) is -1.51. The number of aromatic nitrogens is 2. The number of ether oxygens (including phenoxy) is 2. The summed E-state index contributed by atoms with van der Waals surface area (Å²) in [4.78, 5) is 33.2. The third kappa shape index (κ3) is 6.66. The highest BCUT2D eigenvalue weighted by Crippen LogP contribution is 2.43. The predicted octanol–water partition coefficient (Wildman–Crippen LogP) is 0.924. The second-order valence-electron chi connectivity index (χ2n) is 7.76. The Balaban J connectivity index is 0.000000451. The van der Waals surface area contributed by atoms with Crippen molar-refractivity contribution in [3.8, 4) is 0 Å². The average Bonchev–Trinajstić information content (AvgIpc) is 3.11. The molecule has 180 valence electrons. The van der Waals surface area contributed by atoms with E-state index >= 15 is 0 Å². The van der Waals surface area contributed by atoms with E-state index in [-0.39, 0.29) is 18.1 Å². The topological polar surface area (TPSA) is 117 Å². The van der Waals surface area contributed by atoms with Crippen LogP contribution in [0.4, 0.5) is 24.8 Å². The number of carbonyl (C=O) groups is 2. The third-order valence-electron chi connectivity index (χ3n) is 5.27. The molecule has 2 saturated heterocycles. The molecular formula is C19H28F3N5O5. The first-order chi connectivity index (χ1) is 15.0. The van der Waals surface area contributed by atoms with Gasteiger partial charge < -0.3 is 29.7 Å². The molecule has 3 rings (SSSR count). The molecule has 1 aromatic heterocycles. The van der Waals surface area contributed by atoms with E-state index in [0.29, 0.717) is 12.5 Å². The molecule has 1 atom stereocenters. The fraction of sp³-hybridized carbons (Fsp3) is 0.684. The number of anilines is 2. The van der Waals surface area contributed by atoms with Crippen LogP contribution in [-0.4, -0.2) is 92.8 Å². The number of carboxylic acids is 1. The zero-order chi connectivity index (χ0) is 23.9. The second kappa shape index (κ2) is 10.8. The average molecular weight is 463 g/mol. The van der Waals surface area contributed by atoms with E-state index in [4.69, 9.17) is 19.4 Å². The number of carbonyl (C=O) groups excluding carboxylic acids is 1. The van der Waals surface area contributed by atoms with Crippen molar-refractivity contribution >= 4 is 23.5 Å². The molecule has 0 radical (unpaired) electrons. The van der Waals surface area contributed by atoms with Crippen molar-refractivity contribution < 1.29 is 37.3 Å². The van der Waals surface area contributed by atoms with Crippen LogP contribution in [-0.2, 0) is 19.1 Å². The monoisotopic (exact) mass is 463 g/mol. The van der Waals surface area contributed by atoms with Crippen LogP contribution in [0.1, 0.15) is 12.8 Å². The number of hydrogen-bond donors (Lipinski definition) is 2. The van der Waals surface area contributed by atoms with Crippen LogP contribution in [0, 0.1) is 5.92 Å². The van der Waals surface area contributed by atoms with Gasteiger partial charge in [-0.15, -0.1) is 0 Å². The molecule has 0 bridgehead atoms. The van der Waals surface area contributed by atoms with Crippen molar-refractivity contribution in [3.05, 3.63) is 12.4 Å². The molecular weight excluding hydrogens is 435 g/mol. The minimum Gasteiger partial charge on any atom is -0.475 e. The zero-order valence-electron chi connectivity index (χ0n) is 18.2. The summed E-state index contributed by atoms with van der Waals surface area (Å²) in [5.74, 6) is -0.528. The Hall–Kier alpha value is -2.67. The van der Waals surface area contributed by atoms with Crippen molar-refractivity contribution in [1.82, 2.24) is 15.3 Å². The van der Waals surface area contributed by atoms with Gasteiger partial charge in [-0.05, 0) is 18.8 Å².